The standard InChI is InChI=1S/C25H37N3O/c1-19-11-13-20(14-12-19)28-22(26-24(2,3)4)21(27-17-9-6-10-18-27)25(23(28)29)15-7-5-8-16-25/h11-14,21H,5-10,15-18H2,1-4H3/t21-/m0/s1. The highest BCUT2D eigenvalue weighted by molar-refractivity contribution is 6.27. The van der Waals surface area contributed by atoms with Gasteiger partial charge in [-0.15, -0.1) is 0 Å². The van der Waals surface area contributed by atoms with Gasteiger partial charge in [0.05, 0.1) is 22.7 Å². The number of carbonyl (C=O) groups excluding carboxylic acids is 1. The molecule has 1 saturated carbocycles. The SMILES string of the molecule is Cc1ccc(N2C(=O)C3(CCCCC3)[C@@H](N3CCCCC3)C2=NC(C)(C)C)cc1. The lowest BCUT2D eigenvalue weighted by molar-refractivity contribution is -0.130. The lowest BCUT2D eigenvalue weighted by Gasteiger charge is -2.43. The van der Waals surface area contributed by atoms with Crippen molar-refractivity contribution in [1.82, 2.24) is 4.90 Å². The van der Waals surface area contributed by atoms with Crippen LogP contribution in [0.2, 0.25) is 0 Å². The molecular weight excluding hydrogens is 358 g/mol. The van der Waals surface area contributed by atoms with E-state index in [-0.39, 0.29) is 17.0 Å². The highest BCUT2D eigenvalue weighted by atomic mass is 16.2. The minimum Gasteiger partial charge on any atom is -0.293 e. The number of hydrogen-bond donors (Lipinski definition) is 0. The van der Waals surface area contributed by atoms with Crippen LogP contribution < -0.4 is 4.90 Å². The van der Waals surface area contributed by atoms with E-state index in [1.165, 1.54) is 31.2 Å². The van der Waals surface area contributed by atoms with Gasteiger partial charge in [-0.25, -0.2) is 0 Å². The fourth-order valence-corrected chi connectivity index (χ4v) is 5.57. The number of nitrogens with zero attached hydrogens (tertiary/aromatic N) is 3. The maximum Gasteiger partial charge on any atom is 0.240 e. The molecule has 158 valence electrons. The average Bonchev–Trinajstić information content (AvgIpc) is 2.90. The van der Waals surface area contributed by atoms with Gasteiger partial charge in [-0.05, 0) is 78.6 Å². The molecule has 0 radical (unpaired) electrons. The van der Waals surface area contributed by atoms with Crippen molar-refractivity contribution in [2.24, 2.45) is 10.4 Å². The van der Waals surface area contributed by atoms with E-state index in [9.17, 15) is 4.79 Å². The van der Waals surface area contributed by atoms with Crippen LogP contribution in [0, 0.1) is 12.3 Å². The molecule has 2 heterocycles. The van der Waals surface area contributed by atoms with Gasteiger partial charge in [-0.2, -0.15) is 0 Å². The van der Waals surface area contributed by atoms with Crippen LogP contribution in [0.25, 0.3) is 0 Å². The predicted octanol–water partition coefficient (Wildman–Crippen LogP) is 5.34. The summed E-state index contributed by atoms with van der Waals surface area (Å²) in [5.74, 6) is 1.29. The molecule has 1 aliphatic carbocycles. The Bertz CT molecular complexity index is 762. The number of piperidine rings is 1. The summed E-state index contributed by atoms with van der Waals surface area (Å²) in [7, 11) is 0. The predicted molar refractivity (Wildman–Crippen MR) is 121 cm³/mol. The summed E-state index contributed by atoms with van der Waals surface area (Å²) >= 11 is 0. The Balaban J connectivity index is 1.86. The molecule has 1 spiro atoms. The summed E-state index contributed by atoms with van der Waals surface area (Å²) in [6, 6.07) is 8.54. The van der Waals surface area contributed by atoms with E-state index in [1.807, 2.05) is 4.90 Å². The molecule has 29 heavy (non-hydrogen) atoms. The summed E-state index contributed by atoms with van der Waals surface area (Å²) in [6.07, 6.45) is 9.32. The molecule has 0 bridgehead atoms. The zero-order valence-electron chi connectivity index (χ0n) is 18.7. The van der Waals surface area contributed by atoms with Gasteiger partial charge < -0.3 is 0 Å². The van der Waals surface area contributed by atoms with Gasteiger partial charge in [-0.3, -0.25) is 19.6 Å². The van der Waals surface area contributed by atoms with Crippen LogP contribution in [-0.4, -0.2) is 41.3 Å². The first kappa shape index (κ1) is 20.6. The van der Waals surface area contributed by atoms with Crippen molar-refractivity contribution in [3.05, 3.63) is 29.8 Å². The fraction of sp³-hybridized carbons (Fsp3) is 0.680. The summed E-state index contributed by atoms with van der Waals surface area (Å²) in [4.78, 5) is 24.0. The average molecular weight is 396 g/mol. The van der Waals surface area contributed by atoms with Crippen LogP contribution >= 0.6 is 0 Å². The smallest absolute Gasteiger partial charge is 0.240 e. The van der Waals surface area contributed by atoms with E-state index in [2.05, 4.69) is 56.9 Å². The molecule has 1 aromatic carbocycles. The van der Waals surface area contributed by atoms with Gasteiger partial charge in [0.15, 0.2) is 0 Å². The lowest BCUT2D eigenvalue weighted by Crippen LogP contribution is -2.53. The Hall–Kier alpha value is -1.68. The molecule has 4 rings (SSSR count). The molecule has 3 aliphatic rings. The number of hydrogen-bond acceptors (Lipinski definition) is 3. The van der Waals surface area contributed by atoms with Crippen LogP contribution in [-0.2, 0) is 4.79 Å². The molecule has 1 aromatic rings. The van der Waals surface area contributed by atoms with Crippen LogP contribution in [0.4, 0.5) is 5.69 Å². The van der Waals surface area contributed by atoms with E-state index >= 15 is 0 Å². The highest BCUT2D eigenvalue weighted by Gasteiger charge is 2.60. The first-order valence-corrected chi connectivity index (χ1v) is 11.6. The number of carbonyl (C=O) groups is 1. The van der Waals surface area contributed by atoms with E-state index < -0.39 is 0 Å². The van der Waals surface area contributed by atoms with Gasteiger partial charge in [0.25, 0.3) is 0 Å². The number of benzene rings is 1. The van der Waals surface area contributed by atoms with Gasteiger partial charge in [0.1, 0.15) is 5.84 Å². The maximum absolute atomic E-state index is 14.1. The zero-order valence-corrected chi connectivity index (χ0v) is 18.7. The molecule has 1 amide bonds. The number of amidine groups is 1. The molecule has 4 heteroatoms. The minimum absolute atomic E-state index is 0.121. The lowest BCUT2D eigenvalue weighted by atomic mass is 9.69. The second-order valence-electron chi connectivity index (χ2n) is 10.3. The van der Waals surface area contributed by atoms with Crippen molar-refractivity contribution < 1.29 is 4.79 Å². The number of aryl methyl sites for hydroxylation is 1. The van der Waals surface area contributed by atoms with Gasteiger partial charge >= 0.3 is 0 Å². The van der Waals surface area contributed by atoms with E-state index in [1.54, 1.807) is 0 Å². The number of anilines is 1. The third-order valence-electron chi connectivity index (χ3n) is 6.87. The summed E-state index contributed by atoms with van der Waals surface area (Å²) < 4.78 is 0. The normalized spacial score (nSPS) is 27.2. The topological polar surface area (TPSA) is 35.9 Å². The van der Waals surface area contributed by atoms with E-state index in [0.29, 0.717) is 5.91 Å². The van der Waals surface area contributed by atoms with Gasteiger partial charge in [0, 0.05) is 0 Å². The molecule has 0 N–H and O–H groups in total. The largest absolute Gasteiger partial charge is 0.293 e. The number of rotatable bonds is 2. The highest BCUT2D eigenvalue weighted by Crippen LogP contribution is 2.50. The number of amides is 1. The second kappa shape index (κ2) is 7.86. The molecule has 0 aromatic heterocycles. The van der Waals surface area contributed by atoms with E-state index in [0.717, 1.165) is 50.3 Å². The van der Waals surface area contributed by atoms with Crippen molar-refractivity contribution in [1.29, 1.82) is 0 Å². The van der Waals surface area contributed by atoms with Crippen LogP contribution in [0.3, 0.4) is 0 Å². The molecule has 4 nitrogen and oxygen atoms in total. The molecule has 1 atom stereocenters. The van der Waals surface area contributed by atoms with Crippen molar-refractivity contribution >= 4 is 17.4 Å². The Morgan fingerprint density at radius 3 is 2.10 bits per heavy atom. The molecular formula is C25H37N3O. The Kier molecular flexibility index (Phi) is 5.58. The van der Waals surface area contributed by atoms with E-state index in [4.69, 9.17) is 4.99 Å². The van der Waals surface area contributed by atoms with Crippen LogP contribution in [0.5, 0.6) is 0 Å². The molecule has 0 unspecified atom stereocenters. The summed E-state index contributed by atoms with van der Waals surface area (Å²) in [5.41, 5.74) is 1.68. The first-order valence-electron chi connectivity index (χ1n) is 11.6. The molecule has 2 aliphatic heterocycles. The quantitative estimate of drug-likeness (QED) is 0.677. The van der Waals surface area contributed by atoms with Crippen LogP contribution in [0.15, 0.2) is 29.3 Å². The first-order chi connectivity index (χ1) is 13.8. The van der Waals surface area contributed by atoms with Crippen LogP contribution in [0.1, 0.15) is 77.7 Å². The number of aliphatic imine (C=N–C) groups is 1. The maximum atomic E-state index is 14.1. The zero-order chi connectivity index (χ0) is 20.6. The molecule has 2 saturated heterocycles. The number of likely N-dealkylation sites (tertiary alicyclic amines) is 1. The Morgan fingerprint density at radius 1 is 0.931 bits per heavy atom. The fourth-order valence-electron chi connectivity index (χ4n) is 5.57. The van der Waals surface area contributed by atoms with Crippen molar-refractivity contribution in [3.63, 3.8) is 0 Å². The second-order valence-corrected chi connectivity index (χ2v) is 10.3. The van der Waals surface area contributed by atoms with Crippen molar-refractivity contribution in [2.45, 2.75) is 90.6 Å². The summed E-state index contributed by atoms with van der Waals surface area (Å²) in [5, 5.41) is 0. The third kappa shape index (κ3) is 3.88. The minimum atomic E-state index is -0.301. The molecule has 3 fully saturated rings. The third-order valence-corrected chi connectivity index (χ3v) is 6.87. The van der Waals surface area contributed by atoms with Gasteiger partial charge in [0.2, 0.25) is 5.91 Å². The Labute approximate surface area is 176 Å². The summed E-state index contributed by atoms with van der Waals surface area (Å²) in [6.45, 7) is 10.7. The Morgan fingerprint density at radius 2 is 1.52 bits per heavy atom. The van der Waals surface area contributed by atoms with Gasteiger partial charge in [-0.1, -0.05) is 43.4 Å². The van der Waals surface area contributed by atoms with Crippen molar-refractivity contribution in [3.8, 4) is 0 Å². The monoisotopic (exact) mass is 395 g/mol. The van der Waals surface area contributed by atoms with Crippen molar-refractivity contribution in [2.75, 3.05) is 18.0 Å².